The third kappa shape index (κ3) is 4.37. The highest BCUT2D eigenvalue weighted by Gasteiger charge is 2.13. The van der Waals surface area contributed by atoms with Gasteiger partial charge in [0.15, 0.2) is 0 Å². The van der Waals surface area contributed by atoms with Crippen molar-refractivity contribution in [3.05, 3.63) is 59.4 Å². The van der Waals surface area contributed by atoms with Crippen molar-refractivity contribution in [3.8, 4) is 0 Å². The molecule has 116 valence electrons. The summed E-state index contributed by atoms with van der Waals surface area (Å²) in [6.07, 6.45) is 5.72. The van der Waals surface area contributed by atoms with Gasteiger partial charge in [-0.05, 0) is 40.0 Å². The first-order valence-electron chi connectivity index (χ1n) is 7.46. The largest absolute Gasteiger partial charge is 0.264 e. The van der Waals surface area contributed by atoms with E-state index in [4.69, 9.17) is 11.6 Å². The molecule has 0 atom stereocenters. The van der Waals surface area contributed by atoms with Crippen LogP contribution in [0.5, 0.6) is 0 Å². The second kappa shape index (κ2) is 7.34. The summed E-state index contributed by atoms with van der Waals surface area (Å²) in [5.41, 5.74) is 3.63. The van der Waals surface area contributed by atoms with Gasteiger partial charge in [-0.1, -0.05) is 63.6 Å². The minimum atomic E-state index is 0.157. The molecule has 0 aliphatic heterocycles. The Kier molecular flexibility index (Phi) is 5.71. The number of halogens is 1. The van der Waals surface area contributed by atoms with E-state index in [9.17, 15) is 0 Å². The summed E-state index contributed by atoms with van der Waals surface area (Å²) in [6.45, 7) is 8.78. The summed E-state index contributed by atoms with van der Waals surface area (Å²) in [6, 6.07) is 10.5. The molecule has 0 aliphatic carbocycles. The van der Waals surface area contributed by atoms with Crippen LogP contribution >= 0.6 is 23.4 Å². The monoisotopic (exact) mass is 331 g/mol. The molecule has 0 fully saturated rings. The van der Waals surface area contributed by atoms with Crippen LogP contribution in [0.3, 0.4) is 0 Å². The van der Waals surface area contributed by atoms with Crippen LogP contribution in [0.4, 0.5) is 0 Å². The number of hydrogen-bond acceptors (Lipinski definition) is 2. The van der Waals surface area contributed by atoms with Gasteiger partial charge in [0, 0.05) is 22.3 Å². The predicted molar refractivity (Wildman–Crippen MR) is 99.5 cm³/mol. The van der Waals surface area contributed by atoms with Gasteiger partial charge in [-0.3, -0.25) is 4.98 Å². The van der Waals surface area contributed by atoms with E-state index in [1.807, 2.05) is 18.3 Å². The van der Waals surface area contributed by atoms with Gasteiger partial charge in [0.05, 0.1) is 0 Å². The zero-order valence-corrected chi connectivity index (χ0v) is 15.1. The van der Waals surface area contributed by atoms with E-state index in [0.717, 1.165) is 26.8 Å². The van der Waals surface area contributed by atoms with Gasteiger partial charge in [-0.2, -0.15) is 0 Å². The van der Waals surface area contributed by atoms with Crippen LogP contribution in [-0.2, 0) is 5.41 Å². The van der Waals surface area contributed by atoms with E-state index in [0.29, 0.717) is 0 Å². The first kappa shape index (κ1) is 17.1. The van der Waals surface area contributed by atoms with Gasteiger partial charge < -0.3 is 0 Å². The fourth-order valence-electron chi connectivity index (χ4n) is 2.14. The Morgan fingerprint density at radius 3 is 2.45 bits per heavy atom. The molecule has 0 radical (unpaired) electrons. The third-order valence-corrected chi connectivity index (χ3v) is 4.69. The molecule has 1 heterocycles. The summed E-state index contributed by atoms with van der Waals surface area (Å²) in [7, 11) is 0. The molecule has 0 saturated carbocycles. The lowest BCUT2D eigenvalue weighted by Gasteiger charge is -2.19. The molecule has 3 heteroatoms. The second-order valence-corrected chi connectivity index (χ2v) is 7.88. The van der Waals surface area contributed by atoms with Gasteiger partial charge >= 0.3 is 0 Å². The van der Waals surface area contributed by atoms with Gasteiger partial charge in [0.2, 0.25) is 0 Å². The molecular formula is C19H22ClNS. The van der Waals surface area contributed by atoms with Crippen molar-refractivity contribution >= 4 is 34.5 Å². The van der Waals surface area contributed by atoms with Crippen molar-refractivity contribution in [1.82, 2.24) is 4.98 Å². The van der Waals surface area contributed by atoms with Crippen LogP contribution in [0.25, 0.3) is 11.1 Å². The molecule has 0 N–H and O–H groups in total. The van der Waals surface area contributed by atoms with Gasteiger partial charge in [0.25, 0.3) is 0 Å². The normalized spacial score (nSPS) is 12.5. The molecule has 2 rings (SSSR count). The lowest BCUT2D eigenvalue weighted by Crippen LogP contribution is -2.10. The van der Waals surface area contributed by atoms with E-state index in [-0.39, 0.29) is 5.41 Å². The molecule has 22 heavy (non-hydrogen) atoms. The first-order chi connectivity index (χ1) is 10.4. The van der Waals surface area contributed by atoms with E-state index < -0.39 is 0 Å². The highest BCUT2D eigenvalue weighted by Crippen LogP contribution is 2.29. The molecule has 0 unspecified atom stereocenters. The summed E-state index contributed by atoms with van der Waals surface area (Å²) >= 11 is 8.29. The molecular weight excluding hydrogens is 310 g/mol. The zero-order valence-electron chi connectivity index (χ0n) is 13.6. The molecule has 0 bridgehead atoms. The van der Waals surface area contributed by atoms with Crippen molar-refractivity contribution in [2.24, 2.45) is 0 Å². The van der Waals surface area contributed by atoms with Crippen LogP contribution in [0.2, 0.25) is 0 Å². The topological polar surface area (TPSA) is 12.9 Å². The van der Waals surface area contributed by atoms with Crippen molar-refractivity contribution in [3.63, 3.8) is 0 Å². The van der Waals surface area contributed by atoms with E-state index >= 15 is 0 Å². The Morgan fingerprint density at radius 1 is 1.18 bits per heavy atom. The summed E-state index contributed by atoms with van der Waals surface area (Å²) in [4.78, 5) is 5.35. The molecule has 1 aromatic carbocycles. The number of hydrogen-bond donors (Lipinski definition) is 0. The minimum absolute atomic E-state index is 0.157. The zero-order chi connectivity index (χ0) is 16.2. The SMILES string of the molecule is CCSc1cnccc1/C=C(\Cl)c1ccc(C(C)(C)C)cc1. The Hall–Kier alpha value is -1.25. The Bertz CT molecular complexity index is 654. The fourth-order valence-corrected chi connectivity index (χ4v) is 3.12. The summed E-state index contributed by atoms with van der Waals surface area (Å²) < 4.78 is 0. The lowest BCUT2D eigenvalue weighted by atomic mass is 9.86. The van der Waals surface area contributed by atoms with Crippen molar-refractivity contribution in [1.29, 1.82) is 0 Å². The van der Waals surface area contributed by atoms with Crippen LogP contribution in [0.1, 0.15) is 44.4 Å². The van der Waals surface area contributed by atoms with Crippen LogP contribution in [0.15, 0.2) is 47.6 Å². The fraction of sp³-hybridized carbons (Fsp3) is 0.316. The Balaban J connectivity index is 2.29. The highest BCUT2D eigenvalue weighted by atomic mass is 35.5. The average Bonchev–Trinajstić information content (AvgIpc) is 2.49. The predicted octanol–water partition coefficient (Wildman–Crippen LogP) is 6.23. The number of nitrogens with zero attached hydrogens (tertiary/aromatic N) is 1. The number of aromatic nitrogens is 1. The number of benzene rings is 1. The Labute approximate surface area is 142 Å². The highest BCUT2D eigenvalue weighted by molar-refractivity contribution is 7.99. The van der Waals surface area contributed by atoms with E-state index in [2.05, 4.69) is 56.9 Å². The van der Waals surface area contributed by atoms with Gasteiger partial charge in [0.1, 0.15) is 0 Å². The van der Waals surface area contributed by atoms with Crippen molar-refractivity contribution in [2.45, 2.75) is 38.0 Å². The van der Waals surface area contributed by atoms with E-state index in [1.54, 1.807) is 18.0 Å². The third-order valence-electron chi connectivity index (χ3n) is 3.43. The van der Waals surface area contributed by atoms with Crippen LogP contribution in [0, 0.1) is 0 Å². The van der Waals surface area contributed by atoms with Crippen molar-refractivity contribution in [2.75, 3.05) is 5.75 Å². The molecule has 0 saturated heterocycles. The standard InChI is InChI=1S/C19H22ClNS/c1-5-22-18-13-21-11-10-15(18)12-17(20)14-6-8-16(9-7-14)19(2,3)4/h6-13H,5H2,1-4H3/b17-12-. The first-order valence-corrected chi connectivity index (χ1v) is 8.83. The van der Waals surface area contributed by atoms with Gasteiger partial charge in [-0.25, -0.2) is 0 Å². The minimum Gasteiger partial charge on any atom is -0.264 e. The van der Waals surface area contributed by atoms with Crippen molar-refractivity contribution < 1.29 is 0 Å². The molecule has 2 aromatic rings. The molecule has 0 aliphatic rings. The number of thioether (sulfide) groups is 1. The molecule has 0 amide bonds. The van der Waals surface area contributed by atoms with Crippen LogP contribution < -0.4 is 0 Å². The lowest BCUT2D eigenvalue weighted by molar-refractivity contribution is 0.590. The summed E-state index contributed by atoms with van der Waals surface area (Å²) in [5.74, 6) is 1.02. The maximum Gasteiger partial charge on any atom is 0.0484 e. The molecule has 1 nitrogen and oxygen atoms in total. The quantitative estimate of drug-likeness (QED) is 0.616. The molecule has 1 aromatic heterocycles. The smallest absolute Gasteiger partial charge is 0.0484 e. The number of rotatable bonds is 4. The second-order valence-electron chi connectivity index (χ2n) is 6.17. The maximum atomic E-state index is 6.51. The van der Waals surface area contributed by atoms with E-state index in [1.165, 1.54) is 5.56 Å². The molecule has 0 spiro atoms. The Morgan fingerprint density at radius 2 is 1.86 bits per heavy atom. The average molecular weight is 332 g/mol. The number of pyridine rings is 1. The maximum absolute atomic E-state index is 6.51. The summed E-state index contributed by atoms with van der Waals surface area (Å²) in [5, 5.41) is 0.754. The van der Waals surface area contributed by atoms with Crippen LogP contribution in [-0.4, -0.2) is 10.7 Å². The van der Waals surface area contributed by atoms with Gasteiger partial charge in [-0.15, -0.1) is 11.8 Å².